The maximum atomic E-state index is 10.5. The van der Waals surface area contributed by atoms with Gasteiger partial charge in [0.05, 0.1) is 0 Å². The molecule has 2 nitrogen and oxygen atoms in total. The van der Waals surface area contributed by atoms with Gasteiger partial charge in [-0.2, -0.15) is 0 Å². The van der Waals surface area contributed by atoms with Gasteiger partial charge in [0, 0.05) is 0 Å². The molecule has 9 heavy (non-hydrogen) atoms. The van der Waals surface area contributed by atoms with Gasteiger partial charge in [0.15, 0.2) is 0 Å². The van der Waals surface area contributed by atoms with E-state index in [1.54, 1.807) is 0 Å². The Bertz CT molecular complexity index is 124. The standard InChI is InChI=1S/C3H4O2.3CH3.Pb/c1-2-3(4)5;;;;/h2H,1H2,(H,4,5);3*1H3;/q;;;;+1/p-1. The van der Waals surface area contributed by atoms with E-state index in [9.17, 15) is 4.79 Å². The third-order valence-corrected chi connectivity index (χ3v) is 3.74. The summed E-state index contributed by atoms with van der Waals surface area (Å²) >= 11 is -2.42. The van der Waals surface area contributed by atoms with Crippen molar-refractivity contribution in [2.75, 3.05) is 0 Å². The second kappa shape index (κ2) is 3.34. The van der Waals surface area contributed by atoms with E-state index in [0.29, 0.717) is 0 Å². The number of carbonyl (C=O) groups is 1. The summed E-state index contributed by atoms with van der Waals surface area (Å²) in [7, 11) is 0. The molecule has 0 spiro atoms. The molecule has 0 atom stereocenters. The first-order chi connectivity index (χ1) is 3.95. The molecule has 0 saturated carbocycles. The van der Waals surface area contributed by atoms with Crippen LogP contribution < -0.4 is 0 Å². The summed E-state index contributed by atoms with van der Waals surface area (Å²) in [5.41, 5.74) is 0. The third kappa shape index (κ3) is 6.01. The van der Waals surface area contributed by atoms with E-state index in [4.69, 9.17) is 2.69 Å². The van der Waals surface area contributed by atoms with E-state index in [1.165, 1.54) is 6.08 Å². The van der Waals surface area contributed by atoms with Crippen molar-refractivity contribution >= 4 is 27.6 Å². The quantitative estimate of drug-likeness (QED) is 0.569. The average Bonchev–Trinajstić information content (AvgIpc) is 1.62. The van der Waals surface area contributed by atoms with Gasteiger partial charge < -0.3 is 0 Å². The molecule has 0 amide bonds. The molecular weight excluding hydrogens is 311 g/mol. The van der Waals surface area contributed by atoms with Crippen molar-refractivity contribution in [3.8, 4) is 0 Å². The van der Waals surface area contributed by atoms with Crippen LogP contribution in [0.5, 0.6) is 0 Å². The van der Waals surface area contributed by atoms with E-state index in [0.717, 1.165) is 0 Å². The molecule has 0 unspecified atom stereocenters. The number of carbonyl (C=O) groups excluding carboxylic acids is 1. The fraction of sp³-hybridized carbons (Fsp3) is 0.500. The van der Waals surface area contributed by atoms with E-state index >= 15 is 0 Å². The van der Waals surface area contributed by atoms with Gasteiger partial charge in [0.25, 0.3) is 0 Å². The van der Waals surface area contributed by atoms with E-state index in [1.807, 2.05) is 13.4 Å². The minimum absolute atomic E-state index is 0.274. The Morgan fingerprint density at radius 3 is 2.11 bits per heavy atom. The Morgan fingerprint density at radius 2 is 2.00 bits per heavy atom. The molecule has 0 aromatic carbocycles. The summed E-state index contributed by atoms with van der Waals surface area (Å²) in [6.45, 7) is 3.31. The fourth-order valence-corrected chi connectivity index (χ4v) is 3.01. The summed E-state index contributed by atoms with van der Waals surface area (Å²) in [4.78, 5) is 10.5. The Balaban J connectivity index is 3.74. The SMILES string of the molecule is C=CC(=O)[O][Pb]([CH3])([CH3])[CH3]. The summed E-state index contributed by atoms with van der Waals surface area (Å²) in [5.74, 6) is -0.274. The van der Waals surface area contributed by atoms with Gasteiger partial charge in [-0.25, -0.2) is 0 Å². The molecule has 52 valence electrons. The van der Waals surface area contributed by atoms with Crippen LogP contribution in [0.15, 0.2) is 12.7 Å². The Labute approximate surface area is 61.2 Å². The zero-order valence-electron chi connectivity index (χ0n) is 6.10. The van der Waals surface area contributed by atoms with Crippen LogP contribution in [0.3, 0.4) is 0 Å². The van der Waals surface area contributed by atoms with Gasteiger partial charge in [0.1, 0.15) is 0 Å². The second-order valence-corrected chi connectivity index (χ2v) is 20.0. The summed E-state index contributed by atoms with van der Waals surface area (Å²) in [5, 5.41) is 0. The Morgan fingerprint density at radius 1 is 1.56 bits per heavy atom. The third-order valence-electron chi connectivity index (χ3n) is 0.573. The molecule has 0 saturated heterocycles. The molecule has 0 aliphatic heterocycles. The predicted molar refractivity (Wildman–Crippen MR) is 39.6 cm³/mol. The molecule has 0 radical (unpaired) electrons. The topological polar surface area (TPSA) is 26.3 Å². The van der Waals surface area contributed by atoms with Crippen LogP contribution in [0.25, 0.3) is 0 Å². The Hall–Kier alpha value is 0.132. The normalized spacial score (nSPS) is 10.6. The van der Waals surface area contributed by atoms with Crippen molar-refractivity contribution in [3.63, 3.8) is 0 Å². The van der Waals surface area contributed by atoms with Crippen LogP contribution in [-0.2, 0) is 7.48 Å². The predicted octanol–water partition coefficient (Wildman–Crippen LogP) is 1.55. The first kappa shape index (κ1) is 9.13. The fourth-order valence-electron chi connectivity index (χ4n) is 0.343. The van der Waals surface area contributed by atoms with Crippen molar-refractivity contribution in [2.24, 2.45) is 0 Å². The molecule has 3 heteroatoms. The van der Waals surface area contributed by atoms with Crippen LogP contribution in [0.1, 0.15) is 0 Å². The maximum absolute atomic E-state index is 10.5. The molecule has 0 aromatic heterocycles. The van der Waals surface area contributed by atoms with Gasteiger partial charge in [-0.3, -0.25) is 0 Å². The van der Waals surface area contributed by atoms with E-state index in [-0.39, 0.29) is 5.97 Å². The van der Waals surface area contributed by atoms with Gasteiger partial charge in [-0.1, -0.05) is 0 Å². The number of hydrogen-bond acceptors (Lipinski definition) is 2. The Kier molecular flexibility index (Phi) is 3.39. The molecule has 0 N–H and O–H groups in total. The summed E-state index contributed by atoms with van der Waals surface area (Å²) in [6.07, 6.45) is 1.21. The van der Waals surface area contributed by atoms with Crippen LogP contribution >= 0.6 is 0 Å². The van der Waals surface area contributed by atoms with Gasteiger partial charge in [-0.15, -0.1) is 0 Å². The number of hydrogen-bond donors (Lipinski definition) is 0. The zero-order chi connectivity index (χ0) is 7.49. The van der Waals surface area contributed by atoms with Crippen molar-refractivity contribution in [1.82, 2.24) is 0 Å². The molecular formula is C6H12O2Pb. The van der Waals surface area contributed by atoms with E-state index < -0.39 is 21.6 Å². The van der Waals surface area contributed by atoms with Crippen LogP contribution in [0, 0.1) is 0 Å². The van der Waals surface area contributed by atoms with E-state index in [2.05, 4.69) is 6.58 Å². The molecule has 0 bridgehead atoms. The van der Waals surface area contributed by atoms with Gasteiger partial charge in [-0.05, 0) is 0 Å². The van der Waals surface area contributed by atoms with Crippen LogP contribution in [0.4, 0.5) is 0 Å². The van der Waals surface area contributed by atoms with Crippen molar-refractivity contribution in [2.45, 2.75) is 13.4 Å². The first-order valence-electron chi connectivity index (χ1n) is 2.81. The molecule has 0 aliphatic carbocycles. The van der Waals surface area contributed by atoms with Crippen LogP contribution in [-0.4, -0.2) is 27.6 Å². The molecule has 0 aromatic rings. The molecule has 0 rings (SSSR count). The van der Waals surface area contributed by atoms with Crippen molar-refractivity contribution in [1.29, 1.82) is 0 Å². The minimum atomic E-state index is -2.42. The second-order valence-electron chi connectivity index (χ2n) is 2.74. The van der Waals surface area contributed by atoms with Gasteiger partial charge in [0.2, 0.25) is 0 Å². The zero-order valence-corrected chi connectivity index (χ0v) is 9.99. The van der Waals surface area contributed by atoms with Crippen molar-refractivity contribution in [3.05, 3.63) is 12.7 Å². The average molecular weight is 323 g/mol. The molecule has 0 aliphatic rings. The number of rotatable bonds is 2. The summed E-state index contributed by atoms with van der Waals surface area (Å²) in [6, 6.07) is 0. The summed E-state index contributed by atoms with van der Waals surface area (Å²) < 4.78 is 11.2. The molecule has 0 heterocycles. The monoisotopic (exact) mass is 324 g/mol. The molecule has 0 fully saturated rings. The van der Waals surface area contributed by atoms with Crippen LogP contribution in [0.2, 0.25) is 13.4 Å². The van der Waals surface area contributed by atoms with Crippen molar-refractivity contribution < 1.29 is 7.48 Å². The van der Waals surface area contributed by atoms with Gasteiger partial charge >= 0.3 is 61.2 Å². The first-order valence-corrected chi connectivity index (χ1v) is 16.1.